The summed E-state index contributed by atoms with van der Waals surface area (Å²) in [5.41, 5.74) is 9.75. The van der Waals surface area contributed by atoms with Crippen LogP contribution in [0.25, 0.3) is 0 Å². The molecule has 0 amide bonds. The van der Waals surface area contributed by atoms with Gasteiger partial charge in [-0.2, -0.15) is 5.26 Å². The summed E-state index contributed by atoms with van der Waals surface area (Å²) < 4.78 is 0.820. The first kappa shape index (κ1) is 21.9. The Morgan fingerprint density at radius 2 is 2.00 bits per heavy atom. The average molecular weight is 492 g/mol. The number of nitrogens with zero attached hydrogens (tertiary/aromatic N) is 4. The maximum Gasteiger partial charge on any atom is 0.219 e. The van der Waals surface area contributed by atoms with Crippen LogP contribution in [0.15, 0.2) is 69.5 Å². The second kappa shape index (κ2) is 9.14. The highest BCUT2D eigenvalue weighted by Gasteiger charge is 2.41. The van der Waals surface area contributed by atoms with Crippen molar-refractivity contribution in [2.45, 2.75) is 42.2 Å². The van der Waals surface area contributed by atoms with E-state index in [1.54, 1.807) is 28.0 Å². The molecule has 0 fully saturated rings. The monoisotopic (exact) mass is 491 g/mol. The van der Waals surface area contributed by atoms with E-state index in [9.17, 15) is 10.1 Å². The zero-order valence-electron chi connectivity index (χ0n) is 17.9. The smallest absolute Gasteiger partial charge is 0.219 e. The lowest BCUT2D eigenvalue weighted by Gasteiger charge is -2.37. The van der Waals surface area contributed by atoms with Crippen LogP contribution in [0.2, 0.25) is 0 Å². The van der Waals surface area contributed by atoms with Gasteiger partial charge in [-0.15, -0.1) is 21.5 Å². The third kappa shape index (κ3) is 4.10. The molecule has 5 rings (SSSR count). The molecule has 33 heavy (non-hydrogen) atoms. The Morgan fingerprint density at radius 3 is 2.73 bits per heavy atom. The van der Waals surface area contributed by atoms with Crippen molar-refractivity contribution in [1.29, 1.82) is 5.26 Å². The van der Waals surface area contributed by atoms with Crippen molar-refractivity contribution in [2.75, 3.05) is 4.90 Å². The van der Waals surface area contributed by atoms with E-state index in [1.807, 2.05) is 37.3 Å². The maximum absolute atomic E-state index is 13.1. The first-order valence-corrected chi connectivity index (χ1v) is 13.2. The highest BCUT2D eigenvalue weighted by molar-refractivity contribution is 8.00. The number of thioether (sulfide) groups is 1. The standard InChI is InChI=1S/C24H21N5OS3/c1-14-10-11-19(32-14)20-16(12-25)22(26)29(17-8-5-9-18(30)21(17)20)23-27-28-24(33-23)31-13-15-6-3-2-4-7-15/h2-4,6-7,10-11,20H,5,8-9,13,26H2,1H3. The van der Waals surface area contributed by atoms with E-state index in [4.69, 9.17) is 5.73 Å². The van der Waals surface area contributed by atoms with E-state index in [1.165, 1.54) is 16.9 Å². The van der Waals surface area contributed by atoms with Gasteiger partial charge in [-0.1, -0.05) is 53.4 Å². The Labute approximate surface area is 204 Å². The molecule has 0 spiro atoms. The molecule has 166 valence electrons. The van der Waals surface area contributed by atoms with Gasteiger partial charge in [-0.05, 0) is 37.5 Å². The molecule has 0 bridgehead atoms. The second-order valence-electron chi connectivity index (χ2n) is 7.89. The second-order valence-corrected chi connectivity index (χ2v) is 11.4. The van der Waals surface area contributed by atoms with Crippen LogP contribution in [0, 0.1) is 18.3 Å². The lowest BCUT2D eigenvalue weighted by molar-refractivity contribution is -0.116. The molecule has 6 nitrogen and oxygen atoms in total. The van der Waals surface area contributed by atoms with Gasteiger partial charge in [0.2, 0.25) is 5.13 Å². The summed E-state index contributed by atoms with van der Waals surface area (Å²) in [7, 11) is 0. The number of thiophene rings is 1. The van der Waals surface area contributed by atoms with Gasteiger partial charge in [0.25, 0.3) is 0 Å². The molecule has 2 aromatic heterocycles. The Kier molecular flexibility index (Phi) is 6.06. The molecule has 2 N–H and O–H groups in total. The molecule has 0 radical (unpaired) electrons. The summed E-state index contributed by atoms with van der Waals surface area (Å²) in [4.78, 5) is 17.1. The van der Waals surface area contributed by atoms with Gasteiger partial charge in [-0.25, -0.2) is 0 Å². The van der Waals surface area contributed by atoms with Crippen LogP contribution in [0.3, 0.4) is 0 Å². The van der Waals surface area contributed by atoms with Crippen molar-refractivity contribution >= 4 is 45.4 Å². The number of anilines is 1. The van der Waals surface area contributed by atoms with Crippen molar-refractivity contribution in [3.8, 4) is 6.07 Å². The molecular formula is C24H21N5OS3. The van der Waals surface area contributed by atoms with E-state index in [0.717, 1.165) is 32.0 Å². The van der Waals surface area contributed by atoms with Crippen LogP contribution in [0.1, 0.15) is 40.5 Å². The predicted octanol–water partition coefficient (Wildman–Crippen LogP) is 5.51. The summed E-state index contributed by atoms with van der Waals surface area (Å²) >= 11 is 4.65. The average Bonchev–Trinajstić information content (AvgIpc) is 3.47. The molecule has 3 heterocycles. The SMILES string of the molecule is Cc1ccc(C2C(C#N)=C(N)N(c3nnc(SCc4ccccc4)s3)C3=C2C(=O)CCC3)s1. The molecule has 1 unspecified atom stereocenters. The largest absolute Gasteiger partial charge is 0.384 e. The summed E-state index contributed by atoms with van der Waals surface area (Å²) in [5, 5.41) is 19.4. The fraction of sp³-hybridized carbons (Fsp3) is 0.250. The fourth-order valence-corrected chi connectivity index (χ4v) is 7.10. The fourth-order valence-electron chi connectivity index (χ4n) is 4.27. The number of benzene rings is 1. The molecule has 0 saturated heterocycles. The van der Waals surface area contributed by atoms with E-state index in [2.05, 4.69) is 28.4 Å². The Bertz CT molecular complexity index is 1320. The number of nitrogens with two attached hydrogens (primary N) is 1. The Hall–Kier alpha value is -2.93. The number of aryl methyl sites for hydroxylation is 1. The number of hydrogen-bond acceptors (Lipinski definition) is 9. The third-order valence-electron chi connectivity index (χ3n) is 5.75. The van der Waals surface area contributed by atoms with E-state index >= 15 is 0 Å². The molecule has 0 saturated carbocycles. The van der Waals surface area contributed by atoms with E-state index in [-0.39, 0.29) is 5.78 Å². The highest BCUT2D eigenvalue weighted by atomic mass is 32.2. The van der Waals surface area contributed by atoms with Crippen molar-refractivity contribution in [2.24, 2.45) is 5.73 Å². The predicted molar refractivity (Wildman–Crippen MR) is 133 cm³/mol. The number of rotatable bonds is 5. The van der Waals surface area contributed by atoms with Gasteiger partial charge in [0, 0.05) is 33.2 Å². The zero-order valence-corrected chi connectivity index (χ0v) is 20.4. The molecule has 1 aromatic carbocycles. The normalized spacial score (nSPS) is 18.5. The van der Waals surface area contributed by atoms with E-state index < -0.39 is 5.92 Å². The first-order chi connectivity index (χ1) is 16.1. The summed E-state index contributed by atoms with van der Waals surface area (Å²) in [6.07, 6.45) is 1.96. The lowest BCUT2D eigenvalue weighted by Crippen LogP contribution is -2.38. The third-order valence-corrected chi connectivity index (χ3v) is 8.93. The molecule has 3 aromatic rings. The number of allylic oxidation sites excluding steroid dienone is 3. The number of carbonyl (C=O) groups is 1. The molecule has 1 aliphatic carbocycles. The Morgan fingerprint density at radius 1 is 1.18 bits per heavy atom. The van der Waals surface area contributed by atoms with Crippen LogP contribution in [-0.4, -0.2) is 16.0 Å². The van der Waals surface area contributed by atoms with Gasteiger partial charge < -0.3 is 5.73 Å². The van der Waals surface area contributed by atoms with Crippen LogP contribution in [0.4, 0.5) is 5.13 Å². The number of ketones is 1. The summed E-state index contributed by atoms with van der Waals surface area (Å²) in [6, 6.07) is 16.5. The van der Waals surface area contributed by atoms with Gasteiger partial charge in [0.05, 0.1) is 17.6 Å². The van der Waals surface area contributed by atoms with Gasteiger partial charge in [0.15, 0.2) is 10.1 Å². The Balaban J connectivity index is 1.53. The molecule has 1 aliphatic heterocycles. The van der Waals surface area contributed by atoms with Gasteiger partial charge in [0.1, 0.15) is 5.82 Å². The number of aromatic nitrogens is 2. The highest BCUT2D eigenvalue weighted by Crippen LogP contribution is 2.48. The zero-order chi connectivity index (χ0) is 22.9. The van der Waals surface area contributed by atoms with E-state index in [0.29, 0.717) is 34.9 Å². The van der Waals surface area contributed by atoms with Crippen molar-refractivity contribution in [1.82, 2.24) is 10.2 Å². The van der Waals surface area contributed by atoms with Crippen LogP contribution in [0.5, 0.6) is 0 Å². The quantitative estimate of drug-likeness (QED) is 0.470. The number of nitriles is 1. The van der Waals surface area contributed by atoms with Crippen molar-refractivity contribution in [3.05, 3.63) is 80.4 Å². The topological polar surface area (TPSA) is 95.9 Å². The van der Waals surface area contributed by atoms with Crippen molar-refractivity contribution in [3.63, 3.8) is 0 Å². The maximum atomic E-state index is 13.1. The van der Waals surface area contributed by atoms with Crippen LogP contribution >= 0.6 is 34.4 Å². The minimum Gasteiger partial charge on any atom is -0.384 e. The lowest BCUT2D eigenvalue weighted by atomic mass is 9.78. The van der Waals surface area contributed by atoms with Gasteiger partial charge in [-0.3, -0.25) is 9.69 Å². The molecule has 9 heteroatoms. The molecule has 1 atom stereocenters. The minimum atomic E-state index is -0.410. The van der Waals surface area contributed by atoms with Crippen molar-refractivity contribution < 1.29 is 4.79 Å². The van der Waals surface area contributed by atoms with Gasteiger partial charge >= 0.3 is 0 Å². The minimum absolute atomic E-state index is 0.0840. The summed E-state index contributed by atoms with van der Waals surface area (Å²) in [6.45, 7) is 2.02. The number of hydrogen-bond donors (Lipinski definition) is 1. The van der Waals surface area contributed by atoms with Crippen LogP contribution < -0.4 is 10.6 Å². The molecule has 2 aliphatic rings. The molecular weight excluding hydrogens is 470 g/mol. The van der Waals surface area contributed by atoms with Crippen LogP contribution in [-0.2, 0) is 10.5 Å². The number of carbonyl (C=O) groups excluding carboxylic acids is 1. The summed E-state index contributed by atoms with van der Waals surface area (Å²) in [5.74, 6) is 0.808. The number of Topliss-reactive ketones (excluding diaryl/α,β-unsaturated/α-hetero) is 1. The first-order valence-electron chi connectivity index (χ1n) is 10.6.